The number of rotatable bonds is 5. The average molecular weight is 458 g/mol. The van der Waals surface area contributed by atoms with Crippen LogP contribution in [0.5, 0.6) is 11.5 Å². The van der Waals surface area contributed by atoms with Crippen molar-refractivity contribution in [2.24, 2.45) is 0 Å². The van der Waals surface area contributed by atoms with E-state index in [0.717, 1.165) is 17.5 Å². The quantitative estimate of drug-likeness (QED) is 0.273. The molecule has 0 radical (unpaired) electrons. The molecule has 4 aromatic rings. The summed E-state index contributed by atoms with van der Waals surface area (Å²) in [6.45, 7) is 3.72. The standard InChI is InChI=1S/C28H23FO5/c1-28(2)13-12-20-23(34-28)15-24(32-16-22(30)18-8-10-19(29)11-9-18)26-21(14-25(31)33-27(20)26)17-6-4-3-5-7-17/h3-11,14-15H,12-13,16H2,1-2H3. The second-order valence-electron chi connectivity index (χ2n) is 8.98. The highest BCUT2D eigenvalue weighted by molar-refractivity contribution is 6.01. The number of aryl methyl sites for hydroxylation is 1. The molecule has 5 rings (SSSR count). The van der Waals surface area contributed by atoms with Gasteiger partial charge in [-0.15, -0.1) is 0 Å². The van der Waals surface area contributed by atoms with Gasteiger partial charge in [0.1, 0.15) is 28.5 Å². The van der Waals surface area contributed by atoms with Crippen LogP contribution in [0.25, 0.3) is 22.1 Å². The van der Waals surface area contributed by atoms with Gasteiger partial charge in [0, 0.05) is 28.8 Å². The Kier molecular flexibility index (Phi) is 5.44. The fourth-order valence-corrected chi connectivity index (χ4v) is 4.26. The molecular weight excluding hydrogens is 435 g/mol. The van der Waals surface area contributed by atoms with Crippen LogP contribution in [0.15, 0.2) is 75.9 Å². The monoisotopic (exact) mass is 458 g/mol. The molecule has 3 aromatic carbocycles. The van der Waals surface area contributed by atoms with E-state index in [1.54, 1.807) is 6.07 Å². The van der Waals surface area contributed by atoms with E-state index in [1.807, 2.05) is 44.2 Å². The molecular formula is C28H23FO5. The van der Waals surface area contributed by atoms with E-state index in [9.17, 15) is 14.0 Å². The van der Waals surface area contributed by atoms with Gasteiger partial charge < -0.3 is 13.9 Å². The van der Waals surface area contributed by atoms with Crippen LogP contribution in [0.2, 0.25) is 0 Å². The molecule has 0 saturated carbocycles. The van der Waals surface area contributed by atoms with E-state index in [2.05, 4.69) is 0 Å². The summed E-state index contributed by atoms with van der Waals surface area (Å²) >= 11 is 0. The molecule has 5 nitrogen and oxygen atoms in total. The molecule has 1 aliphatic rings. The second kappa shape index (κ2) is 8.45. The first-order valence-corrected chi connectivity index (χ1v) is 11.1. The van der Waals surface area contributed by atoms with E-state index >= 15 is 0 Å². The summed E-state index contributed by atoms with van der Waals surface area (Å²) in [6.07, 6.45) is 1.44. The van der Waals surface area contributed by atoms with Gasteiger partial charge in [0.25, 0.3) is 0 Å². The minimum absolute atomic E-state index is 0.268. The number of halogens is 1. The normalized spacial score (nSPS) is 14.3. The van der Waals surface area contributed by atoms with E-state index < -0.39 is 11.4 Å². The Balaban J connectivity index is 1.65. The van der Waals surface area contributed by atoms with Crippen LogP contribution < -0.4 is 15.1 Å². The minimum atomic E-state index is -0.474. The third kappa shape index (κ3) is 4.19. The van der Waals surface area contributed by atoms with Crippen LogP contribution in [0, 0.1) is 5.82 Å². The largest absolute Gasteiger partial charge is 0.487 e. The average Bonchev–Trinajstić information content (AvgIpc) is 2.82. The molecule has 1 aromatic heterocycles. The number of Topliss-reactive ketones (excluding diaryl/α,β-unsaturated/α-hetero) is 1. The van der Waals surface area contributed by atoms with Gasteiger partial charge in [-0.1, -0.05) is 30.3 Å². The number of carbonyl (C=O) groups is 1. The Morgan fingerprint density at radius 1 is 1.06 bits per heavy atom. The second-order valence-corrected chi connectivity index (χ2v) is 8.98. The van der Waals surface area contributed by atoms with Gasteiger partial charge in [-0.3, -0.25) is 4.79 Å². The number of fused-ring (bicyclic) bond motifs is 3. The predicted octanol–water partition coefficient (Wildman–Crippen LogP) is 5.96. The number of hydrogen-bond donors (Lipinski definition) is 0. The summed E-state index contributed by atoms with van der Waals surface area (Å²) in [6, 6.07) is 18.0. The van der Waals surface area contributed by atoms with Crippen molar-refractivity contribution in [2.45, 2.75) is 32.3 Å². The summed E-state index contributed by atoms with van der Waals surface area (Å²) in [4.78, 5) is 25.3. The van der Waals surface area contributed by atoms with Crippen LogP contribution in [0.1, 0.15) is 36.2 Å². The molecule has 2 heterocycles. The molecule has 6 heteroatoms. The third-order valence-corrected chi connectivity index (χ3v) is 6.01. The summed E-state index contributed by atoms with van der Waals surface area (Å²) in [5.74, 6) is 0.233. The Bertz CT molecular complexity index is 1440. The highest BCUT2D eigenvalue weighted by Crippen LogP contribution is 2.44. The number of ether oxygens (including phenoxy) is 2. The van der Waals surface area contributed by atoms with Gasteiger partial charge in [-0.25, -0.2) is 9.18 Å². The molecule has 0 bridgehead atoms. The highest BCUT2D eigenvalue weighted by Gasteiger charge is 2.31. The van der Waals surface area contributed by atoms with Crippen molar-refractivity contribution in [3.8, 4) is 22.6 Å². The maximum atomic E-state index is 13.2. The van der Waals surface area contributed by atoms with Gasteiger partial charge in [0.15, 0.2) is 12.4 Å². The number of benzene rings is 3. The number of hydrogen-bond acceptors (Lipinski definition) is 5. The lowest BCUT2D eigenvalue weighted by atomic mass is 9.91. The number of carbonyl (C=O) groups excluding carboxylic acids is 1. The van der Waals surface area contributed by atoms with Crippen LogP contribution in [0.3, 0.4) is 0 Å². The predicted molar refractivity (Wildman–Crippen MR) is 127 cm³/mol. The van der Waals surface area contributed by atoms with Crippen LogP contribution in [0.4, 0.5) is 4.39 Å². The molecule has 0 spiro atoms. The van der Waals surface area contributed by atoms with Gasteiger partial charge in [0.05, 0.1) is 5.39 Å². The molecule has 0 fully saturated rings. The molecule has 1 aliphatic heterocycles. The zero-order valence-electron chi connectivity index (χ0n) is 18.9. The zero-order valence-corrected chi connectivity index (χ0v) is 18.9. The van der Waals surface area contributed by atoms with Crippen LogP contribution in [-0.4, -0.2) is 18.0 Å². The summed E-state index contributed by atoms with van der Waals surface area (Å²) in [5, 5.41) is 0.611. The molecule has 0 amide bonds. The third-order valence-electron chi connectivity index (χ3n) is 6.01. The summed E-state index contributed by atoms with van der Waals surface area (Å²) in [7, 11) is 0. The summed E-state index contributed by atoms with van der Waals surface area (Å²) in [5.41, 5.74) is 2.17. The van der Waals surface area contributed by atoms with E-state index in [4.69, 9.17) is 13.9 Å². The molecule has 0 unspecified atom stereocenters. The first-order chi connectivity index (χ1) is 16.3. The number of ketones is 1. The molecule has 34 heavy (non-hydrogen) atoms. The van der Waals surface area contributed by atoms with Gasteiger partial charge in [-0.05, 0) is 56.5 Å². The Labute approximate surface area is 195 Å². The Morgan fingerprint density at radius 2 is 1.79 bits per heavy atom. The zero-order chi connectivity index (χ0) is 23.9. The van der Waals surface area contributed by atoms with Gasteiger partial charge in [-0.2, -0.15) is 0 Å². The SMILES string of the molecule is CC1(C)CCc2c(cc(OCC(=O)c3ccc(F)cc3)c3c(-c4ccccc4)cc(=O)oc23)O1. The van der Waals surface area contributed by atoms with Crippen LogP contribution >= 0.6 is 0 Å². The van der Waals surface area contributed by atoms with Crippen molar-refractivity contribution in [3.63, 3.8) is 0 Å². The molecule has 0 atom stereocenters. The molecule has 172 valence electrons. The van der Waals surface area contributed by atoms with Crippen molar-refractivity contribution in [1.29, 1.82) is 0 Å². The Hall–Kier alpha value is -3.93. The molecule has 0 aliphatic carbocycles. The van der Waals surface area contributed by atoms with Gasteiger partial charge in [0.2, 0.25) is 0 Å². The van der Waals surface area contributed by atoms with Crippen molar-refractivity contribution >= 4 is 16.8 Å². The molecule has 0 N–H and O–H groups in total. The van der Waals surface area contributed by atoms with E-state index in [1.165, 1.54) is 30.3 Å². The smallest absolute Gasteiger partial charge is 0.336 e. The van der Waals surface area contributed by atoms with E-state index in [-0.39, 0.29) is 18.0 Å². The van der Waals surface area contributed by atoms with Crippen molar-refractivity contribution in [1.82, 2.24) is 0 Å². The van der Waals surface area contributed by atoms with Gasteiger partial charge >= 0.3 is 5.63 Å². The fraction of sp³-hybridized carbons (Fsp3) is 0.214. The van der Waals surface area contributed by atoms with E-state index in [0.29, 0.717) is 40.0 Å². The lowest BCUT2D eigenvalue weighted by molar-refractivity contribution is 0.0837. The summed E-state index contributed by atoms with van der Waals surface area (Å²) < 4.78 is 31.1. The fourth-order valence-electron chi connectivity index (χ4n) is 4.26. The molecule has 0 saturated heterocycles. The van der Waals surface area contributed by atoms with Crippen molar-refractivity contribution < 1.29 is 23.1 Å². The van der Waals surface area contributed by atoms with Crippen LogP contribution in [-0.2, 0) is 6.42 Å². The van der Waals surface area contributed by atoms with Crippen molar-refractivity contribution in [3.05, 3.63) is 94.1 Å². The minimum Gasteiger partial charge on any atom is -0.487 e. The first kappa shape index (κ1) is 21.9. The Morgan fingerprint density at radius 3 is 2.53 bits per heavy atom. The lowest BCUT2D eigenvalue weighted by Gasteiger charge is -2.33. The maximum Gasteiger partial charge on any atom is 0.336 e. The topological polar surface area (TPSA) is 65.7 Å². The van der Waals surface area contributed by atoms with Crippen molar-refractivity contribution in [2.75, 3.05) is 6.61 Å². The maximum absolute atomic E-state index is 13.2. The highest BCUT2D eigenvalue weighted by atomic mass is 19.1. The first-order valence-electron chi connectivity index (χ1n) is 11.1. The lowest BCUT2D eigenvalue weighted by Crippen LogP contribution is -2.32.